The van der Waals surface area contributed by atoms with Gasteiger partial charge in [0.05, 0.1) is 11.1 Å². The third-order valence-electron chi connectivity index (χ3n) is 4.31. The van der Waals surface area contributed by atoms with Crippen molar-refractivity contribution in [3.05, 3.63) is 29.8 Å². The molecule has 4 nitrogen and oxygen atoms in total. The van der Waals surface area contributed by atoms with Crippen LogP contribution in [0.3, 0.4) is 0 Å². The minimum atomic E-state index is -0.503. The molecule has 0 spiro atoms. The second-order valence-electron chi connectivity index (χ2n) is 7.18. The number of hydrogen-bond donors (Lipinski definition) is 0. The average Bonchev–Trinajstić information content (AvgIpc) is 2.91. The zero-order valence-electron chi connectivity index (χ0n) is 13.5. The van der Waals surface area contributed by atoms with Crippen LogP contribution in [0.4, 0.5) is 0 Å². The standard InChI is InChI=1S/C18H23NO3/c1-18(2,3)17(20)21-13-10-8-12(9-11-13)16-14-6-4-5-7-15(14)22-19-16/h8-11,14-15H,4-7H2,1-3H3/t14-,15+/m0/s1. The van der Waals surface area contributed by atoms with Crippen LogP contribution in [0.25, 0.3) is 0 Å². The predicted molar refractivity (Wildman–Crippen MR) is 84.9 cm³/mol. The molecule has 0 saturated heterocycles. The van der Waals surface area contributed by atoms with Gasteiger partial charge in [-0.1, -0.05) is 11.6 Å². The Balaban J connectivity index is 1.71. The average molecular weight is 301 g/mol. The first-order valence-electron chi connectivity index (χ1n) is 8.01. The van der Waals surface area contributed by atoms with E-state index in [0.717, 1.165) is 24.1 Å². The maximum absolute atomic E-state index is 11.9. The number of fused-ring (bicyclic) bond motifs is 1. The normalized spacial score (nSPS) is 24.2. The number of esters is 1. The highest BCUT2D eigenvalue weighted by Gasteiger charge is 2.36. The molecule has 118 valence electrons. The Morgan fingerprint density at radius 2 is 1.86 bits per heavy atom. The summed E-state index contributed by atoms with van der Waals surface area (Å²) < 4.78 is 5.39. The molecule has 1 fully saturated rings. The monoisotopic (exact) mass is 301 g/mol. The highest BCUT2D eigenvalue weighted by atomic mass is 16.6. The number of hydrogen-bond acceptors (Lipinski definition) is 4. The van der Waals surface area contributed by atoms with Crippen molar-refractivity contribution in [3.63, 3.8) is 0 Å². The first-order valence-corrected chi connectivity index (χ1v) is 8.01. The van der Waals surface area contributed by atoms with Gasteiger partial charge in [0.2, 0.25) is 0 Å². The van der Waals surface area contributed by atoms with E-state index in [1.807, 2.05) is 45.0 Å². The number of oxime groups is 1. The van der Waals surface area contributed by atoms with E-state index in [-0.39, 0.29) is 12.1 Å². The molecule has 0 amide bonds. The van der Waals surface area contributed by atoms with Crippen molar-refractivity contribution < 1.29 is 14.4 Å². The van der Waals surface area contributed by atoms with Crippen LogP contribution in [0, 0.1) is 11.3 Å². The van der Waals surface area contributed by atoms with Gasteiger partial charge in [0.15, 0.2) is 0 Å². The molecule has 0 unspecified atom stereocenters. The fourth-order valence-corrected chi connectivity index (χ4v) is 2.95. The molecule has 1 aromatic rings. The smallest absolute Gasteiger partial charge is 0.316 e. The molecule has 0 radical (unpaired) electrons. The van der Waals surface area contributed by atoms with Crippen molar-refractivity contribution in [2.75, 3.05) is 0 Å². The molecule has 1 aliphatic heterocycles. The van der Waals surface area contributed by atoms with Gasteiger partial charge >= 0.3 is 5.97 Å². The lowest BCUT2D eigenvalue weighted by molar-refractivity contribution is -0.142. The molecule has 0 aromatic heterocycles. The van der Waals surface area contributed by atoms with Crippen LogP contribution in [-0.4, -0.2) is 17.8 Å². The van der Waals surface area contributed by atoms with E-state index < -0.39 is 5.41 Å². The summed E-state index contributed by atoms with van der Waals surface area (Å²) in [6.07, 6.45) is 4.96. The Labute approximate surface area is 131 Å². The lowest BCUT2D eigenvalue weighted by Gasteiger charge is -2.23. The lowest BCUT2D eigenvalue weighted by Crippen LogP contribution is -2.27. The molecule has 22 heavy (non-hydrogen) atoms. The maximum Gasteiger partial charge on any atom is 0.316 e. The Morgan fingerprint density at radius 1 is 1.18 bits per heavy atom. The van der Waals surface area contributed by atoms with Gasteiger partial charge in [-0.25, -0.2) is 0 Å². The number of ether oxygens (including phenoxy) is 1. The van der Waals surface area contributed by atoms with E-state index >= 15 is 0 Å². The summed E-state index contributed by atoms with van der Waals surface area (Å²) in [6.45, 7) is 5.53. The van der Waals surface area contributed by atoms with Crippen molar-refractivity contribution >= 4 is 11.7 Å². The fraction of sp³-hybridized carbons (Fsp3) is 0.556. The van der Waals surface area contributed by atoms with Crippen molar-refractivity contribution in [3.8, 4) is 5.75 Å². The molecule has 2 atom stereocenters. The second kappa shape index (κ2) is 5.75. The quantitative estimate of drug-likeness (QED) is 0.614. The zero-order chi connectivity index (χ0) is 15.7. The molecule has 4 heteroatoms. The molecule has 1 saturated carbocycles. The second-order valence-corrected chi connectivity index (χ2v) is 7.18. The molecular weight excluding hydrogens is 278 g/mol. The predicted octanol–water partition coefficient (Wildman–Crippen LogP) is 3.93. The Bertz CT molecular complexity index is 583. The Morgan fingerprint density at radius 3 is 2.55 bits per heavy atom. The van der Waals surface area contributed by atoms with Gasteiger partial charge in [-0.3, -0.25) is 4.79 Å². The van der Waals surface area contributed by atoms with Crippen molar-refractivity contribution in [1.29, 1.82) is 0 Å². The maximum atomic E-state index is 11.9. The number of nitrogens with zero attached hydrogens (tertiary/aromatic N) is 1. The van der Waals surface area contributed by atoms with Gasteiger partial charge in [-0.2, -0.15) is 0 Å². The summed E-state index contributed by atoms with van der Waals surface area (Å²) in [5.41, 5.74) is 1.60. The minimum absolute atomic E-state index is 0.228. The summed E-state index contributed by atoms with van der Waals surface area (Å²) >= 11 is 0. The largest absolute Gasteiger partial charge is 0.426 e. The summed E-state index contributed by atoms with van der Waals surface area (Å²) in [7, 11) is 0. The summed E-state index contributed by atoms with van der Waals surface area (Å²) in [6, 6.07) is 7.59. The van der Waals surface area contributed by atoms with Crippen molar-refractivity contribution in [1.82, 2.24) is 0 Å². The first-order chi connectivity index (χ1) is 10.4. The van der Waals surface area contributed by atoms with Crippen molar-refractivity contribution in [2.45, 2.75) is 52.6 Å². The van der Waals surface area contributed by atoms with E-state index in [1.54, 1.807) is 0 Å². The van der Waals surface area contributed by atoms with Crippen LogP contribution in [-0.2, 0) is 9.63 Å². The number of benzene rings is 1. The molecule has 1 aromatic carbocycles. The molecule has 1 aliphatic carbocycles. The lowest BCUT2D eigenvalue weighted by atomic mass is 9.82. The topological polar surface area (TPSA) is 47.9 Å². The number of rotatable bonds is 2. The third-order valence-corrected chi connectivity index (χ3v) is 4.31. The molecule has 2 aliphatic rings. The SMILES string of the molecule is CC(C)(C)C(=O)Oc1ccc(C2=NO[C@@H]3CCCC[C@H]23)cc1. The summed E-state index contributed by atoms with van der Waals surface area (Å²) in [4.78, 5) is 17.5. The van der Waals surface area contributed by atoms with Crippen LogP contribution < -0.4 is 4.74 Å². The number of carbonyl (C=O) groups is 1. The van der Waals surface area contributed by atoms with Gasteiger partial charge in [-0.05, 0) is 69.9 Å². The highest BCUT2D eigenvalue weighted by molar-refractivity contribution is 6.03. The first kappa shape index (κ1) is 15.1. The van der Waals surface area contributed by atoms with E-state index in [2.05, 4.69) is 5.16 Å². The highest BCUT2D eigenvalue weighted by Crippen LogP contribution is 2.35. The molecular formula is C18H23NO3. The van der Waals surface area contributed by atoms with Gasteiger partial charge < -0.3 is 9.57 Å². The number of carbonyl (C=O) groups excluding carboxylic acids is 1. The molecule has 1 heterocycles. The van der Waals surface area contributed by atoms with Gasteiger partial charge in [0, 0.05) is 5.92 Å². The molecule has 0 N–H and O–H groups in total. The van der Waals surface area contributed by atoms with Crippen LogP contribution in [0.5, 0.6) is 5.75 Å². The van der Waals surface area contributed by atoms with Crippen molar-refractivity contribution in [2.24, 2.45) is 16.5 Å². The van der Waals surface area contributed by atoms with Crippen LogP contribution in [0.2, 0.25) is 0 Å². The Kier molecular flexibility index (Phi) is 3.94. The van der Waals surface area contributed by atoms with Crippen LogP contribution >= 0.6 is 0 Å². The molecule has 3 rings (SSSR count). The van der Waals surface area contributed by atoms with Gasteiger partial charge in [0.25, 0.3) is 0 Å². The van der Waals surface area contributed by atoms with Gasteiger partial charge in [0.1, 0.15) is 11.9 Å². The molecule has 0 bridgehead atoms. The zero-order valence-corrected chi connectivity index (χ0v) is 13.5. The van der Waals surface area contributed by atoms with E-state index in [9.17, 15) is 4.79 Å². The summed E-state index contributed by atoms with van der Waals surface area (Å²) in [5, 5.41) is 4.29. The Hall–Kier alpha value is -1.84. The van der Waals surface area contributed by atoms with E-state index in [1.165, 1.54) is 12.8 Å². The van der Waals surface area contributed by atoms with Crippen LogP contribution in [0.1, 0.15) is 52.0 Å². The summed E-state index contributed by atoms with van der Waals surface area (Å²) in [5.74, 6) is 0.759. The van der Waals surface area contributed by atoms with Gasteiger partial charge in [-0.15, -0.1) is 0 Å². The third kappa shape index (κ3) is 3.01. The van der Waals surface area contributed by atoms with E-state index in [0.29, 0.717) is 11.7 Å². The van der Waals surface area contributed by atoms with Crippen LogP contribution in [0.15, 0.2) is 29.4 Å². The fourth-order valence-electron chi connectivity index (χ4n) is 2.95. The minimum Gasteiger partial charge on any atom is -0.426 e. The van der Waals surface area contributed by atoms with E-state index in [4.69, 9.17) is 9.57 Å².